The standard InChI is InChI=1S/C16H16Cl2N2/c17-13-6-7-14(18)15(10-13)20-9-8-19-11-16(20)12-4-2-1-3-5-12/h1-7,10,16,19H,8-9,11H2. The monoisotopic (exact) mass is 306 g/mol. The minimum atomic E-state index is 0.279. The van der Waals surface area contributed by atoms with Crippen LogP contribution in [0.1, 0.15) is 11.6 Å². The van der Waals surface area contributed by atoms with Gasteiger partial charge in [-0.15, -0.1) is 0 Å². The normalized spacial score (nSPS) is 19.1. The van der Waals surface area contributed by atoms with E-state index in [1.54, 1.807) is 0 Å². The third kappa shape index (κ3) is 2.78. The summed E-state index contributed by atoms with van der Waals surface area (Å²) in [6, 6.07) is 16.4. The summed E-state index contributed by atoms with van der Waals surface area (Å²) in [6.07, 6.45) is 0. The molecule has 104 valence electrons. The number of piperazine rings is 1. The van der Waals surface area contributed by atoms with Gasteiger partial charge in [-0.3, -0.25) is 0 Å². The van der Waals surface area contributed by atoms with Gasteiger partial charge >= 0.3 is 0 Å². The highest BCUT2D eigenvalue weighted by molar-refractivity contribution is 6.35. The largest absolute Gasteiger partial charge is 0.361 e. The summed E-state index contributed by atoms with van der Waals surface area (Å²) in [4.78, 5) is 2.33. The van der Waals surface area contributed by atoms with E-state index in [0.717, 1.165) is 35.4 Å². The third-order valence-corrected chi connectivity index (χ3v) is 4.20. The first-order chi connectivity index (χ1) is 9.75. The first-order valence-corrected chi connectivity index (χ1v) is 7.48. The molecule has 1 saturated heterocycles. The van der Waals surface area contributed by atoms with Crippen molar-refractivity contribution in [2.75, 3.05) is 24.5 Å². The van der Waals surface area contributed by atoms with E-state index < -0.39 is 0 Å². The average Bonchev–Trinajstić information content (AvgIpc) is 2.51. The maximum atomic E-state index is 6.36. The van der Waals surface area contributed by atoms with E-state index in [0.29, 0.717) is 0 Å². The van der Waals surface area contributed by atoms with Gasteiger partial charge in [0.25, 0.3) is 0 Å². The van der Waals surface area contributed by atoms with Crippen LogP contribution in [0.25, 0.3) is 0 Å². The van der Waals surface area contributed by atoms with Crippen LogP contribution in [-0.2, 0) is 0 Å². The van der Waals surface area contributed by atoms with Crippen LogP contribution in [0.15, 0.2) is 48.5 Å². The molecule has 0 amide bonds. The molecule has 1 unspecified atom stereocenters. The zero-order chi connectivity index (χ0) is 13.9. The summed E-state index contributed by atoms with van der Waals surface area (Å²) < 4.78 is 0. The number of nitrogens with one attached hydrogen (secondary N) is 1. The molecule has 2 aromatic carbocycles. The van der Waals surface area contributed by atoms with E-state index in [-0.39, 0.29) is 6.04 Å². The van der Waals surface area contributed by atoms with E-state index in [1.165, 1.54) is 5.56 Å². The Bertz CT molecular complexity index is 586. The SMILES string of the molecule is Clc1ccc(Cl)c(N2CCNCC2c2ccccc2)c1. The Morgan fingerprint density at radius 1 is 1.05 bits per heavy atom. The Morgan fingerprint density at radius 3 is 2.65 bits per heavy atom. The molecule has 1 atom stereocenters. The van der Waals surface area contributed by atoms with Crippen molar-refractivity contribution >= 4 is 28.9 Å². The lowest BCUT2D eigenvalue weighted by molar-refractivity contribution is 0.490. The van der Waals surface area contributed by atoms with Crippen LogP contribution >= 0.6 is 23.2 Å². The summed E-state index contributed by atoms with van der Waals surface area (Å²) in [6.45, 7) is 2.78. The average molecular weight is 307 g/mol. The molecule has 0 spiro atoms. The van der Waals surface area contributed by atoms with Crippen LogP contribution in [0, 0.1) is 0 Å². The van der Waals surface area contributed by atoms with Crippen molar-refractivity contribution in [1.29, 1.82) is 0 Å². The zero-order valence-corrected chi connectivity index (χ0v) is 12.5. The van der Waals surface area contributed by atoms with Crippen molar-refractivity contribution in [2.45, 2.75) is 6.04 Å². The van der Waals surface area contributed by atoms with Crippen molar-refractivity contribution in [1.82, 2.24) is 5.32 Å². The molecule has 3 rings (SSSR count). The second kappa shape index (κ2) is 6.04. The summed E-state index contributed by atoms with van der Waals surface area (Å²) in [7, 11) is 0. The van der Waals surface area contributed by atoms with Gasteiger partial charge in [0.15, 0.2) is 0 Å². The lowest BCUT2D eigenvalue weighted by Gasteiger charge is -2.38. The fourth-order valence-electron chi connectivity index (χ4n) is 2.67. The van der Waals surface area contributed by atoms with Gasteiger partial charge in [-0.2, -0.15) is 0 Å². The predicted molar refractivity (Wildman–Crippen MR) is 85.9 cm³/mol. The zero-order valence-electron chi connectivity index (χ0n) is 11.0. The number of nitrogens with zero attached hydrogens (tertiary/aromatic N) is 1. The first-order valence-electron chi connectivity index (χ1n) is 6.73. The molecule has 0 aliphatic carbocycles. The quantitative estimate of drug-likeness (QED) is 0.897. The Labute approximate surface area is 129 Å². The molecule has 0 bridgehead atoms. The van der Waals surface area contributed by atoms with Gasteiger partial charge < -0.3 is 10.2 Å². The Balaban J connectivity index is 1.99. The molecule has 1 heterocycles. The maximum absolute atomic E-state index is 6.36. The first kappa shape index (κ1) is 13.7. The number of hydrogen-bond donors (Lipinski definition) is 1. The Kier molecular flexibility index (Phi) is 4.16. The van der Waals surface area contributed by atoms with Crippen molar-refractivity contribution in [3.05, 3.63) is 64.1 Å². The molecule has 0 radical (unpaired) electrons. The molecule has 2 nitrogen and oxygen atoms in total. The van der Waals surface area contributed by atoms with Crippen molar-refractivity contribution in [3.8, 4) is 0 Å². The van der Waals surface area contributed by atoms with Crippen LogP contribution in [-0.4, -0.2) is 19.6 Å². The second-order valence-electron chi connectivity index (χ2n) is 4.92. The highest BCUT2D eigenvalue weighted by Gasteiger charge is 2.25. The Morgan fingerprint density at radius 2 is 1.85 bits per heavy atom. The van der Waals surface area contributed by atoms with Crippen LogP contribution in [0.2, 0.25) is 10.0 Å². The van der Waals surface area contributed by atoms with Crippen LogP contribution in [0.3, 0.4) is 0 Å². The van der Waals surface area contributed by atoms with Crippen LogP contribution in [0.5, 0.6) is 0 Å². The van der Waals surface area contributed by atoms with Crippen molar-refractivity contribution in [2.24, 2.45) is 0 Å². The fourth-order valence-corrected chi connectivity index (χ4v) is 3.06. The van der Waals surface area contributed by atoms with E-state index in [1.807, 2.05) is 24.3 Å². The van der Waals surface area contributed by atoms with Gasteiger partial charge in [0.05, 0.1) is 16.8 Å². The summed E-state index contributed by atoms with van der Waals surface area (Å²) in [5, 5.41) is 4.91. The lowest BCUT2D eigenvalue weighted by atomic mass is 10.0. The summed E-state index contributed by atoms with van der Waals surface area (Å²) >= 11 is 12.5. The minimum Gasteiger partial charge on any atom is -0.361 e. The lowest BCUT2D eigenvalue weighted by Crippen LogP contribution is -2.46. The molecular weight excluding hydrogens is 291 g/mol. The predicted octanol–water partition coefficient (Wildman–Crippen LogP) is 4.14. The van der Waals surface area contributed by atoms with Crippen LogP contribution < -0.4 is 10.2 Å². The van der Waals surface area contributed by atoms with Gasteiger partial charge in [0.1, 0.15) is 0 Å². The molecule has 1 aliphatic heterocycles. The summed E-state index contributed by atoms with van der Waals surface area (Å²) in [5.74, 6) is 0. The number of benzene rings is 2. The van der Waals surface area contributed by atoms with Crippen LogP contribution in [0.4, 0.5) is 5.69 Å². The van der Waals surface area contributed by atoms with Gasteiger partial charge in [0.2, 0.25) is 0 Å². The molecule has 4 heteroatoms. The molecule has 2 aromatic rings. The second-order valence-corrected chi connectivity index (χ2v) is 5.76. The van der Waals surface area contributed by atoms with Gasteiger partial charge in [-0.1, -0.05) is 53.5 Å². The third-order valence-electron chi connectivity index (χ3n) is 3.65. The molecular formula is C16H16Cl2N2. The topological polar surface area (TPSA) is 15.3 Å². The Hall–Kier alpha value is -1.22. The molecule has 20 heavy (non-hydrogen) atoms. The number of hydrogen-bond acceptors (Lipinski definition) is 2. The van der Waals surface area contributed by atoms with Gasteiger partial charge in [-0.05, 0) is 23.8 Å². The number of halogens is 2. The highest BCUT2D eigenvalue weighted by atomic mass is 35.5. The van der Waals surface area contributed by atoms with E-state index in [4.69, 9.17) is 23.2 Å². The van der Waals surface area contributed by atoms with Gasteiger partial charge in [-0.25, -0.2) is 0 Å². The van der Waals surface area contributed by atoms with Crippen molar-refractivity contribution in [3.63, 3.8) is 0 Å². The number of anilines is 1. The fraction of sp³-hybridized carbons (Fsp3) is 0.250. The molecule has 0 saturated carbocycles. The van der Waals surface area contributed by atoms with E-state index in [2.05, 4.69) is 34.5 Å². The molecule has 1 N–H and O–H groups in total. The minimum absolute atomic E-state index is 0.279. The smallest absolute Gasteiger partial charge is 0.0668 e. The molecule has 1 fully saturated rings. The van der Waals surface area contributed by atoms with Crippen molar-refractivity contribution < 1.29 is 0 Å². The maximum Gasteiger partial charge on any atom is 0.0668 e. The van der Waals surface area contributed by atoms with Gasteiger partial charge in [0, 0.05) is 24.7 Å². The highest BCUT2D eigenvalue weighted by Crippen LogP contribution is 2.35. The summed E-state index contributed by atoms with van der Waals surface area (Å²) in [5.41, 5.74) is 2.30. The van der Waals surface area contributed by atoms with E-state index >= 15 is 0 Å². The number of rotatable bonds is 2. The molecule has 0 aromatic heterocycles. The van der Waals surface area contributed by atoms with E-state index in [9.17, 15) is 0 Å². The molecule has 1 aliphatic rings.